The summed E-state index contributed by atoms with van der Waals surface area (Å²) in [5, 5.41) is 8.72. The molecule has 0 fully saturated rings. The zero-order chi connectivity index (χ0) is 17.1. The van der Waals surface area contributed by atoms with Crippen molar-refractivity contribution >= 4 is 17.6 Å². The Morgan fingerprint density at radius 2 is 2.17 bits per heavy atom. The number of carbonyl (C=O) groups excluding carboxylic acids is 1. The Kier molecular flexibility index (Phi) is 4.75. The van der Waals surface area contributed by atoms with Gasteiger partial charge in [0.15, 0.2) is 0 Å². The molecule has 1 heterocycles. The van der Waals surface area contributed by atoms with E-state index in [1.165, 1.54) is 0 Å². The predicted molar refractivity (Wildman–Crippen MR) is 87.0 cm³/mol. The molecule has 0 saturated carbocycles. The molecule has 5 nitrogen and oxygen atoms in total. The summed E-state index contributed by atoms with van der Waals surface area (Å²) in [5.74, 6) is 1.40. The summed E-state index contributed by atoms with van der Waals surface area (Å²) in [5.41, 5.74) is 10.9. The molecule has 0 bridgehead atoms. The lowest BCUT2D eigenvalue weighted by molar-refractivity contribution is -0.136. The summed E-state index contributed by atoms with van der Waals surface area (Å²) >= 11 is 0. The first-order chi connectivity index (χ1) is 10.9. The number of ether oxygens (including phenoxy) is 1. The van der Waals surface area contributed by atoms with Gasteiger partial charge in [-0.25, -0.2) is 4.79 Å². The van der Waals surface area contributed by atoms with Crippen LogP contribution in [-0.4, -0.2) is 17.0 Å². The van der Waals surface area contributed by atoms with Crippen molar-refractivity contribution in [1.82, 2.24) is 0 Å². The topological polar surface area (TPSA) is 89.6 Å². The first-order valence-electron chi connectivity index (χ1n) is 7.31. The van der Waals surface area contributed by atoms with Crippen LogP contribution < -0.4 is 5.73 Å². The van der Waals surface area contributed by atoms with E-state index in [4.69, 9.17) is 22.0 Å². The van der Waals surface area contributed by atoms with E-state index >= 15 is 0 Å². The van der Waals surface area contributed by atoms with E-state index in [9.17, 15) is 9.59 Å². The highest BCUT2D eigenvalue weighted by Crippen LogP contribution is 2.35. The number of hydrogen-bond acceptors (Lipinski definition) is 4. The van der Waals surface area contributed by atoms with Gasteiger partial charge in [-0.15, -0.1) is 6.42 Å². The van der Waals surface area contributed by atoms with Gasteiger partial charge < -0.3 is 15.6 Å². The van der Waals surface area contributed by atoms with Crippen LogP contribution in [0.15, 0.2) is 11.6 Å². The van der Waals surface area contributed by atoms with Crippen molar-refractivity contribution in [3.8, 4) is 12.3 Å². The van der Waals surface area contributed by atoms with Gasteiger partial charge in [-0.3, -0.25) is 4.79 Å². The maximum absolute atomic E-state index is 11.9. The van der Waals surface area contributed by atoms with E-state index in [0.29, 0.717) is 29.7 Å². The third-order valence-electron chi connectivity index (χ3n) is 4.11. The Hall–Kier alpha value is -2.74. The number of rotatable bonds is 5. The van der Waals surface area contributed by atoms with Crippen LogP contribution in [0.1, 0.15) is 52.4 Å². The fraction of sp³-hybridized carbons (Fsp3) is 0.333. The third kappa shape index (κ3) is 3.21. The number of carboxylic acids is 1. The minimum atomic E-state index is -0.835. The summed E-state index contributed by atoms with van der Waals surface area (Å²) in [4.78, 5) is 22.5. The Morgan fingerprint density at radius 1 is 1.48 bits per heavy atom. The second-order valence-electron chi connectivity index (χ2n) is 5.61. The number of carboxylic acid groups (broad SMARTS) is 1. The summed E-state index contributed by atoms with van der Waals surface area (Å²) in [6, 6.07) is 0. The maximum Gasteiger partial charge on any atom is 0.341 e. The van der Waals surface area contributed by atoms with Crippen molar-refractivity contribution in [2.24, 2.45) is 0 Å². The number of terminal acetylenes is 1. The average Bonchev–Trinajstić information content (AvgIpc) is 2.89. The maximum atomic E-state index is 11.9. The Morgan fingerprint density at radius 3 is 2.78 bits per heavy atom. The molecular formula is C18H19NO4. The number of allylic oxidation sites excluding steroid dienone is 2. The van der Waals surface area contributed by atoms with Crippen molar-refractivity contribution < 1.29 is 19.4 Å². The van der Waals surface area contributed by atoms with Crippen molar-refractivity contribution in [3.63, 3.8) is 0 Å². The van der Waals surface area contributed by atoms with E-state index in [0.717, 1.165) is 22.3 Å². The SMILES string of the molecule is C#Cc1c(C)c2c(c(N)c1CC=C(C)CCC(=O)O)C(=O)OC2. The van der Waals surface area contributed by atoms with Crippen LogP contribution in [0.5, 0.6) is 0 Å². The van der Waals surface area contributed by atoms with E-state index in [-0.39, 0.29) is 13.0 Å². The highest BCUT2D eigenvalue weighted by Gasteiger charge is 2.29. The van der Waals surface area contributed by atoms with Crippen LogP contribution in [0, 0.1) is 19.3 Å². The van der Waals surface area contributed by atoms with Gasteiger partial charge in [0, 0.05) is 17.5 Å². The number of nitrogen functional groups attached to an aromatic ring is 1. The van der Waals surface area contributed by atoms with Gasteiger partial charge in [-0.05, 0) is 37.8 Å². The normalized spacial score (nSPS) is 13.4. The Bertz CT molecular complexity index is 754. The molecule has 2 rings (SSSR count). The molecular weight excluding hydrogens is 294 g/mol. The van der Waals surface area contributed by atoms with E-state index in [1.54, 1.807) is 0 Å². The first-order valence-corrected chi connectivity index (χ1v) is 7.31. The molecule has 1 aromatic rings. The summed E-state index contributed by atoms with van der Waals surface area (Å²) in [7, 11) is 0. The van der Waals surface area contributed by atoms with Crippen LogP contribution in [0.3, 0.4) is 0 Å². The first kappa shape index (κ1) is 16.6. The van der Waals surface area contributed by atoms with Crippen LogP contribution in [-0.2, 0) is 22.6 Å². The molecule has 1 aliphatic heterocycles. The number of esters is 1. The number of fused-ring (bicyclic) bond motifs is 1. The third-order valence-corrected chi connectivity index (χ3v) is 4.11. The molecule has 0 aromatic heterocycles. The zero-order valence-electron chi connectivity index (χ0n) is 13.2. The molecule has 120 valence electrons. The van der Waals surface area contributed by atoms with Gasteiger partial charge >= 0.3 is 11.9 Å². The van der Waals surface area contributed by atoms with Crippen LogP contribution >= 0.6 is 0 Å². The number of benzene rings is 1. The highest BCUT2D eigenvalue weighted by molar-refractivity contribution is 6.00. The number of hydrogen-bond donors (Lipinski definition) is 2. The van der Waals surface area contributed by atoms with E-state index in [1.807, 2.05) is 19.9 Å². The number of anilines is 1. The number of nitrogens with two attached hydrogens (primary N) is 1. The van der Waals surface area contributed by atoms with Gasteiger partial charge in [0.2, 0.25) is 0 Å². The fourth-order valence-corrected chi connectivity index (χ4v) is 2.73. The lowest BCUT2D eigenvalue weighted by atomic mass is 9.89. The van der Waals surface area contributed by atoms with Gasteiger partial charge in [0.1, 0.15) is 6.61 Å². The number of carbonyl (C=O) groups is 2. The van der Waals surface area contributed by atoms with Gasteiger partial charge in [0.25, 0.3) is 0 Å². The predicted octanol–water partition coefficient (Wildman–Crippen LogP) is 2.58. The molecule has 5 heteroatoms. The van der Waals surface area contributed by atoms with Gasteiger partial charge in [0.05, 0.1) is 11.3 Å². The van der Waals surface area contributed by atoms with Crippen molar-refractivity contribution in [1.29, 1.82) is 0 Å². The van der Waals surface area contributed by atoms with Crippen LogP contribution in [0.4, 0.5) is 5.69 Å². The molecule has 1 aromatic carbocycles. The van der Waals surface area contributed by atoms with Crippen molar-refractivity contribution in [2.75, 3.05) is 5.73 Å². The van der Waals surface area contributed by atoms with Crippen LogP contribution in [0.2, 0.25) is 0 Å². The Balaban J connectivity index is 2.39. The monoisotopic (exact) mass is 313 g/mol. The standard InChI is InChI=1S/C18H19NO4/c1-4-12-11(3)14-9-23-18(22)16(14)17(19)13(12)7-5-10(2)6-8-15(20)21/h1,5H,6-9,19H2,2-3H3,(H,20,21). The van der Waals surface area contributed by atoms with Gasteiger partial charge in [-0.2, -0.15) is 0 Å². The van der Waals surface area contributed by atoms with Crippen molar-refractivity contribution in [2.45, 2.75) is 39.7 Å². The smallest absolute Gasteiger partial charge is 0.341 e. The molecule has 0 aliphatic carbocycles. The van der Waals surface area contributed by atoms with Crippen LogP contribution in [0.25, 0.3) is 0 Å². The van der Waals surface area contributed by atoms with E-state index < -0.39 is 11.9 Å². The molecule has 23 heavy (non-hydrogen) atoms. The average molecular weight is 313 g/mol. The highest BCUT2D eigenvalue weighted by atomic mass is 16.5. The largest absolute Gasteiger partial charge is 0.481 e. The molecule has 3 N–H and O–H groups in total. The lowest BCUT2D eigenvalue weighted by Crippen LogP contribution is -2.08. The molecule has 0 saturated heterocycles. The Labute approximate surface area is 135 Å². The molecule has 0 radical (unpaired) electrons. The number of aliphatic carboxylic acids is 1. The van der Waals surface area contributed by atoms with Crippen molar-refractivity contribution in [3.05, 3.63) is 39.5 Å². The lowest BCUT2D eigenvalue weighted by Gasteiger charge is -2.14. The quantitative estimate of drug-likeness (QED) is 0.377. The zero-order valence-corrected chi connectivity index (χ0v) is 13.2. The fourth-order valence-electron chi connectivity index (χ4n) is 2.73. The minimum Gasteiger partial charge on any atom is -0.481 e. The summed E-state index contributed by atoms with van der Waals surface area (Å²) < 4.78 is 5.06. The minimum absolute atomic E-state index is 0.0787. The molecule has 0 unspecified atom stereocenters. The second-order valence-corrected chi connectivity index (χ2v) is 5.61. The summed E-state index contributed by atoms with van der Waals surface area (Å²) in [6.45, 7) is 3.93. The molecule has 1 aliphatic rings. The molecule has 0 amide bonds. The second kappa shape index (κ2) is 6.57. The number of cyclic esters (lactones) is 1. The molecule has 0 spiro atoms. The summed E-state index contributed by atoms with van der Waals surface area (Å²) in [6.07, 6.45) is 8.53. The van der Waals surface area contributed by atoms with Gasteiger partial charge in [-0.1, -0.05) is 17.6 Å². The van der Waals surface area contributed by atoms with E-state index in [2.05, 4.69) is 5.92 Å². The molecule has 0 atom stereocenters.